The SMILES string of the molecule is CC(=O)c1ccc(C(=O)Nc2ccc3[nH]c(C(=O)N4C[C@@H](CBr)c5c4cc(O)c4ccccc54)cc3c2)cc1. The first kappa shape index (κ1) is 24.9. The van der Waals surface area contributed by atoms with E-state index in [-0.39, 0.29) is 29.3 Å². The minimum Gasteiger partial charge on any atom is -0.507 e. The van der Waals surface area contributed by atoms with E-state index in [1.165, 1.54) is 6.92 Å². The minimum absolute atomic E-state index is 0.0597. The second-order valence-electron chi connectivity index (χ2n) is 9.71. The van der Waals surface area contributed by atoms with Crippen molar-refractivity contribution >= 4 is 66.6 Å². The second-order valence-corrected chi connectivity index (χ2v) is 10.4. The maximum atomic E-state index is 13.7. The number of rotatable bonds is 5. The number of phenols is 1. The van der Waals surface area contributed by atoms with Crippen LogP contribution in [0.4, 0.5) is 11.4 Å². The number of amides is 2. The number of ketones is 1. The lowest BCUT2D eigenvalue weighted by Crippen LogP contribution is -2.30. The molecule has 39 heavy (non-hydrogen) atoms. The molecular formula is C31H24BrN3O4. The molecule has 1 aliphatic rings. The summed E-state index contributed by atoms with van der Waals surface area (Å²) >= 11 is 3.61. The molecule has 0 unspecified atom stereocenters. The number of nitrogens with zero attached hydrogens (tertiary/aromatic N) is 1. The van der Waals surface area contributed by atoms with E-state index in [9.17, 15) is 19.5 Å². The highest BCUT2D eigenvalue weighted by Gasteiger charge is 2.35. The standard InChI is InChI=1S/C31H24BrN3O4/c1-17(36)18-6-8-19(9-7-18)30(38)33-22-10-11-25-20(12-22)13-26(34-25)31(39)35-16-21(15-32)29-24-5-3-2-4-23(24)28(37)14-27(29)35/h2-14,21,34,37H,15-16H2,1H3,(H,33,38)/t21-/m1/s1. The third-order valence-corrected chi connectivity index (χ3v) is 8.02. The van der Waals surface area contributed by atoms with Crippen molar-refractivity contribution in [1.82, 2.24) is 4.98 Å². The summed E-state index contributed by atoms with van der Waals surface area (Å²) in [5, 5.41) is 16.8. The molecule has 0 aliphatic carbocycles. The van der Waals surface area contributed by atoms with Crippen molar-refractivity contribution in [1.29, 1.82) is 0 Å². The fourth-order valence-electron chi connectivity index (χ4n) is 5.28. The van der Waals surface area contributed by atoms with Crippen LogP contribution in [-0.4, -0.2) is 39.6 Å². The average molecular weight is 582 g/mol. The van der Waals surface area contributed by atoms with E-state index in [1.54, 1.807) is 47.4 Å². The van der Waals surface area contributed by atoms with Gasteiger partial charge in [0.15, 0.2) is 5.78 Å². The number of H-pyrrole nitrogens is 1. The number of aromatic amines is 1. The molecule has 0 fully saturated rings. The van der Waals surface area contributed by atoms with E-state index < -0.39 is 0 Å². The number of halogens is 1. The molecule has 0 saturated carbocycles. The first-order chi connectivity index (χ1) is 18.8. The zero-order valence-corrected chi connectivity index (χ0v) is 22.6. The van der Waals surface area contributed by atoms with Crippen molar-refractivity contribution in [2.24, 2.45) is 0 Å². The normalized spacial score (nSPS) is 14.5. The van der Waals surface area contributed by atoms with Gasteiger partial charge in [-0.2, -0.15) is 0 Å². The van der Waals surface area contributed by atoms with Crippen molar-refractivity contribution in [3.8, 4) is 5.75 Å². The highest BCUT2D eigenvalue weighted by Crippen LogP contribution is 2.45. The van der Waals surface area contributed by atoms with Crippen LogP contribution in [0, 0.1) is 0 Å². The third-order valence-electron chi connectivity index (χ3n) is 7.24. The van der Waals surface area contributed by atoms with Crippen molar-refractivity contribution < 1.29 is 19.5 Å². The van der Waals surface area contributed by atoms with Crippen molar-refractivity contribution in [3.63, 3.8) is 0 Å². The molecule has 7 nitrogen and oxygen atoms in total. The predicted octanol–water partition coefficient (Wildman–Crippen LogP) is 6.62. The van der Waals surface area contributed by atoms with Crippen molar-refractivity contribution in [3.05, 3.63) is 101 Å². The van der Waals surface area contributed by atoms with Gasteiger partial charge in [0, 0.05) is 57.0 Å². The summed E-state index contributed by atoms with van der Waals surface area (Å²) < 4.78 is 0. The molecule has 0 bridgehead atoms. The summed E-state index contributed by atoms with van der Waals surface area (Å²) in [5.74, 6) is -0.314. The van der Waals surface area contributed by atoms with Gasteiger partial charge >= 0.3 is 0 Å². The van der Waals surface area contributed by atoms with E-state index in [2.05, 4.69) is 26.2 Å². The molecule has 5 aromatic rings. The Kier molecular flexibility index (Phi) is 6.19. The monoisotopic (exact) mass is 581 g/mol. The Morgan fingerprint density at radius 1 is 0.974 bits per heavy atom. The number of nitrogens with one attached hydrogen (secondary N) is 2. The number of carbonyl (C=O) groups is 3. The first-order valence-corrected chi connectivity index (χ1v) is 13.6. The molecule has 0 saturated heterocycles. The number of hydrogen-bond acceptors (Lipinski definition) is 4. The Morgan fingerprint density at radius 2 is 1.69 bits per heavy atom. The zero-order valence-electron chi connectivity index (χ0n) is 21.0. The Bertz CT molecular complexity index is 1790. The fraction of sp³-hybridized carbons (Fsp3) is 0.129. The van der Waals surface area contributed by atoms with Gasteiger partial charge in [0.25, 0.3) is 11.8 Å². The number of phenolic OH excluding ortho intramolecular Hbond substituents is 1. The number of aromatic nitrogens is 1. The molecule has 0 radical (unpaired) electrons. The van der Waals surface area contributed by atoms with Gasteiger partial charge in [0.2, 0.25) is 0 Å². The lowest BCUT2D eigenvalue weighted by Gasteiger charge is -2.17. The van der Waals surface area contributed by atoms with E-state index in [1.807, 2.05) is 36.4 Å². The summed E-state index contributed by atoms with van der Waals surface area (Å²) in [6.45, 7) is 1.97. The van der Waals surface area contributed by atoms with Crippen LogP contribution in [0.3, 0.4) is 0 Å². The fourth-order valence-corrected chi connectivity index (χ4v) is 5.80. The molecule has 6 rings (SSSR count). The van der Waals surface area contributed by atoms with Gasteiger partial charge < -0.3 is 20.3 Å². The van der Waals surface area contributed by atoms with Gasteiger partial charge in [0.1, 0.15) is 11.4 Å². The number of benzene rings is 4. The summed E-state index contributed by atoms with van der Waals surface area (Å²) in [5.41, 5.74) is 4.51. The number of carbonyl (C=O) groups excluding carboxylic acids is 3. The summed E-state index contributed by atoms with van der Waals surface area (Å²) in [4.78, 5) is 42.9. The van der Waals surface area contributed by atoms with Crippen LogP contribution in [0.2, 0.25) is 0 Å². The van der Waals surface area contributed by atoms with E-state index in [4.69, 9.17) is 0 Å². The molecular weight excluding hydrogens is 558 g/mol. The topological polar surface area (TPSA) is 102 Å². The van der Waals surface area contributed by atoms with Gasteiger partial charge in [-0.25, -0.2) is 0 Å². The van der Waals surface area contributed by atoms with E-state index in [0.29, 0.717) is 40.1 Å². The molecule has 2 heterocycles. The number of fused-ring (bicyclic) bond motifs is 4. The number of anilines is 2. The summed E-state index contributed by atoms with van der Waals surface area (Å²) in [6, 6.07) is 23.0. The minimum atomic E-state index is -0.294. The first-order valence-electron chi connectivity index (χ1n) is 12.5. The summed E-state index contributed by atoms with van der Waals surface area (Å²) in [6.07, 6.45) is 0. The van der Waals surface area contributed by atoms with Gasteiger partial charge in [-0.1, -0.05) is 52.3 Å². The smallest absolute Gasteiger partial charge is 0.274 e. The van der Waals surface area contributed by atoms with Crippen LogP contribution in [-0.2, 0) is 0 Å². The largest absolute Gasteiger partial charge is 0.507 e. The third kappa shape index (κ3) is 4.36. The Morgan fingerprint density at radius 3 is 2.41 bits per heavy atom. The molecule has 194 valence electrons. The Balaban J connectivity index is 1.28. The molecule has 3 N–H and O–H groups in total. The molecule has 1 aromatic heterocycles. The molecule has 0 spiro atoms. The van der Waals surface area contributed by atoms with Gasteiger partial charge in [0.05, 0.1) is 5.69 Å². The average Bonchev–Trinajstić information content (AvgIpc) is 3.54. The highest BCUT2D eigenvalue weighted by molar-refractivity contribution is 9.09. The van der Waals surface area contributed by atoms with E-state index >= 15 is 0 Å². The second kappa shape index (κ2) is 9.71. The Labute approximate surface area is 232 Å². The predicted molar refractivity (Wildman–Crippen MR) is 157 cm³/mol. The quantitative estimate of drug-likeness (QED) is 0.160. The van der Waals surface area contributed by atoms with Crippen LogP contribution in [0.5, 0.6) is 5.75 Å². The number of aromatic hydroxyl groups is 1. The van der Waals surface area contributed by atoms with Gasteiger partial charge in [-0.3, -0.25) is 14.4 Å². The highest BCUT2D eigenvalue weighted by atomic mass is 79.9. The lowest BCUT2D eigenvalue weighted by atomic mass is 9.95. The number of Topliss-reactive ketones (excluding diaryl/α,β-unsaturated/α-hetero) is 1. The van der Waals surface area contributed by atoms with Crippen LogP contribution in [0.1, 0.15) is 49.6 Å². The molecule has 1 atom stereocenters. The molecule has 4 aromatic carbocycles. The number of alkyl halides is 1. The maximum absolute atomic E-state index is 13.7. The van der Waals surface area contributed by atoms with Crippen molar-refractivity contribution in [2.75, 3.05) is 22.1 Å². The van der Waals surface area contributed by atoms with Crippen molar-refractivity contribution in [2.45, 2.75) is 12.8 Å². The van der Waals surface area contributed by atoms with Gasteiger partial charge in [-0.05, 0) is 54.3 Å². The van der Waals surface area contributed by atoms with Crippen LogP contribution in [0.25, 0.3) is 21.7 Å². The van der Waals surface area contributed by atoms with Crippen LogP contribution in [0.15, 0.2) is 78.9 Å². The zero-order chi connectivity index (χ0) is 27.3. The van der Waals surface area contributed by atoms with Crippen LogP contribution >= 0.6 is 15.9 Å². The Hall–Kier alpha value is -4.43. The van der Waals surface area contributed by atoms with E-state index in [0.717, 1.165) is 27.2 Å². The molecule has 8 heteroatoms. The molecule has 2 amide bonds. The number of hydrogen-bond donors (Lipinski definition) is 3. The maximum Gasteiger partial charge on any atom is 0.274 e. The van der Waals surface area contributed by atoms with Crippen LogP contribution < -0.4 is 10.2 Å². The van der Waals surface area contributed by atoms with Gasteiger partial charge in [-0.15, -0.1) is 0 Å². The lowest BCUT2D eigenvalue weighted by molar-refractivity contribution is 0.0982. The summed E-state index contributed by atoms with van der Waals surface area (Å²) in [7, 11) is 0. The molecule has 1 aliphatic heterocycles.